The average molecular weight is 390 g/mol. The van der Waals surface area contributed by atoms with Crippen LogP contribution < -0.4 is 0 Å². The van der Waals surface area contributed by atoms with Crippen LogP contribution in [0.4, 0.5) is 8.78 Å². The summed E-state index contributed by atoms with van der Waals surface area (Å²) in [6, 6.07) is 0. The molecule has 0 aromatic rings. The van der Waals surface area contributed by atoms with Gasteiger partial charge in [-0.3, -0.25) is 4.79 Å². The first-order chi connectivity index (χ1) is 4.87. The Hall–Kier alpha value is 0.790. The van der Waals surface area contributed by atoms with Crippen molar-refractivity contribution in [2.45, 2.75) is 14.3 Å². The molecule has 0 aliphatic rings. The summed E-state index contributed by atoms with van der Waals surface area (Å²) in [5, 5.41) is 0. The van der Waals surface area contributed by atoms with Gasteiger partial charge in [-0.05, 0) is 22.6 Å². The van der Waals surface area contributed by atoms with Crippen molar-refractivity contribution in [3.8, 4) is 0 Å². The summed E-state index contributed by atoms with van der Waals surface area (Å²) in [7, 11) is 1.18. The van der Waals surface area contributed by atoms with E-state index in [2.05, 4.69) is 4.74 Å². The van der Waals surface area contributed by atoms with E-state index in [1.807, 2.05) is 0 Å². The Morgan fingerprint density at radius 1 is 1.73 bits per heavy atom. The Morgan fingerprint density at radius 3 is 2.45 bits per heavy atom. The number of carbonyl (C=O) groups excluding carboxylic acids is 1. The van der Waals surface area contributed by atoms with Crippen LogP contribution in [0.1, 0.15) is 6.42 Å². The highest BCUT2D eigenvalue weighted by molar-refractivity contribution is 14.1. The van der Waals surface area contributed by atoms with Crippen LogP contribution in [0.3, 0.4) is 0 Å². The number of hydrogen-bond acceptors (Lipinski definition) is 2. The molecule has 0 radical (unpaired) electrons. The van der Waals surface area contributed by atoms with Gasteiger partial charge in [0.05, 0.1) is 7.11 Å². The number of carbonyl (C=O) groups is 1. The Labute approximate surface area is 90.3 Å². The second-order valence-corrected chi connectivity index (χ2v) is 4.89. The van der Waals surface area contributed by atoms with Crippen molar-refractivity contribution in [3.05, 3.63) is 0 Å². The lowest BCUT2D eigenvalue weighted by molar-refractivity contribution is -0.140. The second-order valence-electron chi connectivity index (χ2n) is 1.81. The molecule has 0 heterocycles. The summed E-state index contributed by atoms with van der Waals surface area (Å²) < 4.78 is 25.2. The van der Waals surface area contributed by atoms with E-state index >= 15 is 0 Å². The highest BCUT2D eigenvalue weighted by atomic mass is 127. The van der Waals surface area contributed by atoms with Gasteiger partial charge in [0.15, 0.2) is 0 Å². The van der Waals surface area contributed by atoms with Gasteiger partial charge in [-0.15, -0.1) is 0 Å². The molecule has 0 saturated heterocycles. The van der Waals surface area contributed by atoms with Gasteiger partial charge in [0.1, 0.15) is 3.92 Å². The molecule has 11 heavy (non-hydrogen) atoms. The minimum absolute atomic E-state index is 0.485. The third-order valence-corrected chi connectivity index (χ3v) is 2.26. The molecule has 0 bridgehead atoms. The summed E-state index contributed by atoms with van der Waals surface area (Å²) in [5.41, 5.74) is 0. The summed E-state index contributed by atoms with van der Waals surface area (Å²) in [4.78, 5) is 10.6. The van der Waals surface area contributed by atoms with Crippen molar-refractivity contribution in [1.29, 1.82) is 0 Å². The average Bonchev–Trinajstić information content (AvgIpc) is 1.82. The van der Waals surface area contributed by atoms with Crippen molar-refractivity contribution in [3.63, 3.8) is 0 Å². The van der Waals surface area contributed by atoms with E-state index < -0.39 is 20.2 Å². The fraction of sp³-hybridized carbons (Fsp3) is 0.800. The van der Waals surface area contributed by atoms with Crippen LogP contribution in [0.5, 0.6) is 0 Å². The molecule has 0 aromatic heterocycles. The van der Waals surface area contributed by atoms with Crippen LogP contribution in [0.2, 0.25) is 0 Å². The van der Waals surface area contributed by atoms with E-state index in [1.165, 1.54) is 7.11 Å². The van der Waals surface area contributed by atoms with E-state index in [0.717, 1.165) is 22.6 Å². The standard InChI is InChI=1S/C5H6F2I2O2/c1-11-4(10)3(8)2-5(6,7)9/h3H,2H2,1H3. The van der Waals surface area contributed by atoms with Gasteiger partial charge in [0, 0.05) is 6.42 Å². The zero-order chi connectivity index (χ0) is 9.07. The maximum Gasteiger partial charge on any atom is 0.318 e. The third-order valence-electron chi connectivity index (χ3n) is 0.868. The molecule has 0 fully saturated rings. The van der Waals surface area contributed by atoms with Gasteiger partial charge < -0.3 is 4.74 Å². The monoisotopic (exact) mass is 390 g/mol. The highest BCUT2D eigenvalue weighted by Gasteiger charge is 2.31. The van der Waals surface area contributed by atoms with Crippen molar-refractivity contribution >= 4 is 51.2 Å². The Morgan fingerprint density at radius 2 is 2.18 bits per heavy atom. The van der Waals surface area contributed by atoms with Crippen molar-refractivity contribution in [2.24, 2.45) is 0 Å². The van der Waals surface area contributed by atoms with Gasteiger partial charge >= 0.3 is 5.97 Å². The number of esters is 1. The molecule has 0 aliphatic carbocycles. The normalized spacial score (nSPS) is 14.3. The van der Waals surface area contributed by atoms with Crippen molar-refractivity contribution in [1.82, 2.24) is 0 Å². The van der Waals surface area contributed by atoms with Crippen LogP contribution in [-0.2, 0) is 9.53 Å². The van der Waals surface area contributed by atoms with E-state index in [1.54, 1.807) is 22.6 Å². The first-order valence-electron chi connectivity index (χ1n) is 2.65. The predicted molar refractivity (Wildman–Crippen MR) is 53.4 cm³/mol. The number of methoxy groups -OCH3 is 1. The molecule has 0 rings (SSSR count). The number of rotatable bonds is 3. The van der Waals surface area contributed by atoms with Gasteiger partial charge in [0.2, 0.25) is 0 Å². The maximum absolute atomic E-state index is 12.2. The van der Waals surface area contributed by atoms with Gasteiger partial charge in [0.25, 0.3) is 3.93 Å². The molecule has 2 nitrogen and oxygen atoms in total. The fourth-order valence-corrected chi connectivity index (χ4v) is 2.50. The predicted octanol–water partition coefficient (Wildman–Crippen LogP) is 2.38. The smallest absolute Gasteiger partial charge is 0.318 e. The lowest BCUT2D eigenvalue weighted by atomic mass is 10.3. The summed E-state index contributed by atoms with van der Waals surface area (Å²) >= 11 is 2.63. The number of halogens is 4. The number of ether oxygens (including phenoxy) is 1. The van der Waals surface area contributed by atoms with Crippen molar-refractivity contribution < 1.29 is 18.3 Å². The minimum Gasteiger partial charge on any atom is -0.468 e. The van der Waals surface area contributed by atoms with E-state index in [0.29, 0.717) is 0 Å². The topological polar surface area (TPSA) is 26.3 Å². The van der Waals surface area contributed by atoms with E-state index in [9.17, 15) is 13.6 Å². The van der Waals surface area contributed by atoms with E-state index in [-0.39, 0.29) is 0 Å². The van der Waals surface area contributed by atoms with Crippen molar-refractivity contribution in [2.75, 3.05) is 7.11 Å². The molecular formula is C5H6F2I2O2. The number of alkyl halides is 4. The number of hydrogen-bond donors (Lipinski definition) is 0. The zero-order valence-corrected chi connectivity index (χ0v) is 9.93. The van der Waals surface area contributed by atoms with Crippen LogP contribution in [0.15, 0.2) is 0 Å². The lowest BCUT2D eigenvalue weighted by Gasteiger charge is -2.11. The van der Waals surface area contributed by atoms with Gasteiger partial charge in [-0.2, -0.15) is 8.78 Å². The molecule has 1 unspecified atom stereocenters. The molecule has 1 atom stereocenters. The molecule has 0 spiro atoms. The quantitative estimate of drug-likeness (QED) is 0.421. The molecular weight excluding hydrogens is 384 g/mol. The van der Waals surface area contributed by atoms with E-state index in [4.69, 9.17) is 0 Å². The van der Waals surface area contributed by atoms with Gasteiger partial charge in [-0.1, -0.05) is 22.6 Å². The molecule has 0 N–H and O–H groups in total. The molecule has 0 aromatic carbocycles. The Balaban J connectivity index is 3.87. The molecule has 6 heteroatoms. The SMILES string of the molecule is COC(=O)C(I)CC(F)(F)I. The summed E-state index contributed by atoms with van der Waals surface area (Å²) in [6.07, 6.45) is -0.485. The minimum atomic E-state index is -2.84. The Bertz CT molecular complexity index is 146. The zero-order valence-electron chi connectivity index (χ0n) is 5.61. The molecule has 0 amide bonds. The van der Waals surface area contributed by atoms with Crippen LogP contribution in [0.25, 0.3) is 0 Å². The summed E-state index contributed by atoms with van der Waals surface area (Å²) in [5.74, 6) is -0.609. The second kappa shape index (κ2) is 4.73. The first-order valence-corrected chi connectivity index (χ1v) is 4.98. The Kier molecular flexibility index (Phi) is 5.07. The van der Waals surface area contributed by atoms with Gasteiger partial charge in [-0.25, -0.2) is 0 Å². The molecule has 0 saturated carbocycles. The largest absolute Gasteiger partial charge is 0.468 e. The first kappa shape index (κ1) is 11.8. The molecule has 0 aliphatic heterocycles. The fourth-order valence-electron chi connectivity index (χ4n) is 0.414. The third kappa shape index (κ3) is 6.00. The summed E-state index contributed by atoms with van der Waals surface area (Å²) in [6.45, 7) is 0. The lowest BCUT2D eigenvalue weighted by Crippen LogP contribution is -2.22. The van der Waals surface area contributed by atoms with Crippen LogP contribution in [-0.4, -0.2) is 20.9 Å². The maximum atomic E-state index is 12.2. The van der Waals surface area contributed by atoms with Crippen LogP contribution in [0, 0.1) is 0 Å². The van der Waals surface area contributed by atoms with Crippen LogP contribution >= 0.6 is 45.2 Å². The molecule has 66 valence electrons. The highest BCUT2D eigenvalue weighted by Crippen LogP contribution is 2.30.